The van der Waals surface area contributed by atoms with E-state index in [9.17, 15) is 8.78 Å². The van der Waals surface area contributed by atoms with Gasteiger partial charge in [-0.25, -0.2) is 13.4 Å². The van der Waals surface area contributed by atoms with Crippen molar-refractivity contribution in [3.05, 3.63) is 82.0 Å². The Morgan fingerprint density at radius 1 is 1.03 bits per heavy atom. The first-order valence-corrected chi connectivity index (χ1v) is 13.5. The summed E-state index contributed by atoms with van der Waals surface area (Å²) in [5, 5.41) is 0. The molecule has 2 aromatic carbocycles. The lowest BCUT2D eigenvalue weighted by Gasteiger charge is -2.23. The first-order chi connectivity index (χ1) is 17.8. The molecule has 2 aromatic rings. The van der Waals surface area contributed by atoms with Crippen LogP contribution in [-0.4, -0.2) is 30.5 Å². The molecule has 0 radical (unpaired) electrons. The molecule has 0 bridgehead atoms. The molecule has 0 atom stereocenters. The van der Waals surface area contributed by atoms with E-state index in [1.54, 1.807) is 13.2 Å². The number of halogens is 3. The van der Waals surface area contributed by atoms with Crippen molar-refractivity contribution in [3.63, 3.8) is 0 Å². The summed E-state index contributed by atoms with van der Waals surface area (Å²) >= 11 is 0. The summed E-state index contributed by atoms with van der Waals surface area (Å²) in [6.07, 6.45) is 11.4. The Hall–Kier alpha value is -2.47. The third-order valence-electron chi connectivity index (χ3n) is 6.84. The zero-order valence-corrected chi connectivity index (χ0v) is 25.1. The van der Waals surface area contributed by atoms with Crippen LogP contribution in [0.5, 0.6) is 11.5 Å². The molecular formula is C32H42BrF2NO2. The molecule has 0 aliphatic carbocycles. The molecule has 6 heteroatoms. The zero-order valence-electron chi connectivity index (χ0n) is 23.5. The molecule has 208 valence electrons. The van der Waals surface area contributed by atoms with Crippen molar-refractivity contribution < 1.29 is 39.8 Å². The second kappa shape index (κ2) is 15.8. The summed E-state index contributed by atoms with van der Waals surface area (Å²) in [6, 6.07) is 8.31. The standard InChI is InChI=1S/C32H42F2NO2.BrH/c1-6-7-20-37-32-27-18-19-35(22-25-14-16-28(33)29(34)21-25)30(26(27)15-17-31(32)36-5)13-9-12-24(4)11-8-10-23(2)3;/h10,12,14-17,21H,6-9,11,13,18-20,22H2,1-5H3;1H/q+1;/p-1. The third kappa shape index (κ3) is 8.79. The summed E-state index contributed by atoms with van der Waals surface area (Å²) in [5.41, 5.74) is 7.05. The van der Waals surface area contributed by atoms with Crippen molar-refractivity contribution in [3.8, 4) is 11.5 Å². The Morgan fingerprint density at radius 2 is 1.82 bits per heavy atom. The molecule has 0 amide bonds. The van der Waals surface area contributed by atoms with Crippen molar-refractivity contribution in [1.29, 1.82) is 0 Å². The maximum absolute atomic E-state index is 14.0. The van der Waals surface area contributed by atoms with Crippen LogP contribution in [0.3, 0.4) is 0 Å². The maximum Gasteiger partial charge on any atom is 0.184 e. The van der Waals surface area contributed by atoms with Crippen molar-refractivity contribution in [2.75, 3.05) is 20.3 Å². The van der Waals surface area contributed by atoms with E-state index in [-0.39, 0.29) is 17.0 Å². The monoisotopic (exact) mass is 589 g/mol. The van der Waals surface area contributed by atoms with Gasteiger partial charge in [0.15, 0.2) is 35.4 Å². The lowest BCUT2D eigenvalue weighted by Crippen LogP contribution is -3.00. The average molecular weight is 591 g/mol. The van der Waals surface area contributed by atoms with E-state index >= 15 is 0 Å². The SMILES string of the molecule is CCCCOc1c(OC)ccc2c1CC[N+](Cc1ccc(F)c(F)c1)=C2CCC=C(C)CCC=C(C)C.[Br-]. The summed E-state index contributed by atoms with van der Waals surface area (Å²) in [7, 11) is 1.68. The van der Waals surface area contributed by atoms with E-state index in [2.05, 4.69) is 50.5 Å². The summed E-state index contributed by atoms with van der Waals surface area (Å²) < 4.78 is 41.7. The van der Waals surface area contributed by atoms with E-state index in [1.807, 2.05) is 6.07 Å². The van der Waals surface area contributed by atoms with Gasteiger partial charge in [-0.3, -0.25) is 0 Å². The van der Waals surface area contributed by atoms with Gasteiger partial charge >= 0.3 is 0 Å². The van der Waals surface area contributed by atoms with E-state index in [4.69, 9.17) is 9.47 Å². The first kappa shape index (κ1) is 31.7. The largest absolute Gasteiger partial charge is 1.00 e. The van der Waals surface area contributed by atoms with Crippen LogP contribution >= 0.6 is 0 Å². The molecule has 3 nitrogen and oxygen atoms in total. The number of hydrogen-bond donors (Lipinski definition) is 0. The molecule has 0 spiro atoms. The number of benzene rings is 2. The molecule has 0 aromatic heterocycles. The fourth-order valence-corrected chi connectivity index (χ4v) is 4.79. The molecule has 1 heterocycles. The molecule has 0 N–H and O–H groups in total. The number of allylic oxidation sites excluding steroid dienone is 4. The van der Waals surface area contributed by atoms with Crippen LogP contribution < -0.4 is 26.5 Å². The lowest BCUT2D eigenvalue weighted by molar-refractivity contribution is -0.545. The van der Waals surface area contributed by atoms with E-state index in [1.165, 1.54) is 34.6 Å². The number of methoxy groups -OCH3 is 1. The van der Waals surface area contributed by atoms with Crippen molar-refractivity contribution >= 4 is 5.71 Å². The van der Waals surface area contributed by atoms with Crippen LogP contribution in [0.15, 0.2) is 53.6 Å². The zero-order chi connectivity index (χ0) is 26.8. The molecule has 1 aliphatic heterocycles. The molecule has 38 heavy (non-hydrogen) atoms. The molecule has 3 rings (SSSR count). The first-order valence-electron chi connectivity index (χ1n) is 13.5. The number of hydrogen-bond acceptors (Lipinski definition) is 2. The Kier molecular flexibility index (Phi) is 13.2. The predicted molar refractivity (Wildman–Crippen MR) is 148 cm³/mol. The third-order valence-corrected chi connectivity index (χ3v) is 6.84. The second-order valence-electron chi connectivity index (χ2n) is 10.1. The molecule has 0 saturated heterocycles. The van der Waals surface area contributed by atoms with Gasteiger partial charge in [-0.1, -0.05) is 36.6 Å². The lowest BCUT2D eigenvalue weighted by atomic mass is 9.92. The van der Waals surface area contributed by atoms with Gasteiger partial charge in [0.05, 0.1) is 13.7 Å². The van der Waals surface area contributed by atoms with Crippen LogP contribution in [0.25, 0.3) is 0 Å². The van der Waals surface area contributed by atoms with Crippen LogP contribution in [0.2, 0.25) is 0 Å². The van der Waals surface area contributed by atoms with Crippen molar-refractivity contribution in [1.82, 2.24) is 0 Å². The summed E-state index contributed by atoms with van der Waals surface area (Å²) in [4.78, 5) is 0. The van der Waals surface area contributed by atoms with Gasteiger partial charge < -0.3 is 26.5 Å². The minimum absolute atomic E-state index is 0. The Morgan fingerprint density at radius 3 is 2.50 bits per heavy atom. The van der Waals surface area contributed by atoms with Gasteiger partial charge in [0.1, 0.15) is 6.54 Å². The van der Waals surface area contributed by atoms with Gasteiger partial charge in [0.2, 0.25) is 0 Å². The topological polar surface area (TPSA) is 21.5 Å². The van der Waals surface area contributed by atoms with Gasteiger partial charge in [0, 0.05) is 29.5 Å². The Bertz CT molecular complexity index is 1170. The second-order valence-corrected chi connectivity index (χ2v) is 10.1. The highest BCUT2D eigenvalue weighted by atomic mass is 79.9. The number of nitrogens with zero attached hydrogens (tertiary/aromatic N) is 1. The van der Waals surface area contributed by atoms with Crippen molar-refractivity contribution in [2.24, 2.45) is 0 Å². The van der Waals surface area contributed by atoms with E-state index in [0.717, 1.165) is 74.1 Å². The normalized spacial score (nSPS) is 13.1. The summed E-state index contributed by atoms with van der Waals surface area (Å²) in [5.74, 6) is -0.0143. The molecule has 1 aliphatic rings. The predicted octanol–water partition coefficient (Wildman–Crippen LogP) is 5.19. The Balaban J connectivity index is 0.00000507. The molecule has 0 saturated carbocycles. The van der Waals surface area contributed by atoms with Crippen LogP contribution in [0.4, 0.5) is 8.78 Å². The highest BCUT2D eigenvalue weighted by Gasteiger charge is 2.29. The molecule has 0 unspecified atom stereocenters. The maximum atomic E-state index is 14.0. The Labute approximate surface area is 238 Å². The van der Waals surface area contributed by atoms with E-state index < -0.39 is 11.6 Å². The van der Waals surface area contributed by atoms with Crippen LogP contribution in [-0.2, 0) is 13.0 Å². The molecule has 0 fully saturated rings. The number of rotatable bonds is 13. The van der Waals surface area contributed by atoms with Crippen molar-refractivity contribution in [2.45, 2.75) is 79.2 Å². The number of unbranched alkanes of at least 4 members (excludes halogenated alkanes) is 1. The highest BCUT2D eigenvalue weighted by Crippen LogP contribution is 2.37. The smallest absolute Gasteiger partial charge is 0.184 e. The van der Waals surface area contributed by atoms with Gasteiger partial charge in [0.25, 0.3) is 0 Å². The quantitative estimate of drug-likeness (QED) is 0.182. The number of fused-ring (bicyclic) bond motifs is 1. The van der Waals surface area contributed by atoms with Gasteiger partial charge in [-0.15, -0.1) is 0 Å². The van der Waals surface area contributed by atoms with E-state index in [0.29, 0.717) is 13.2 Å². The molecular weight excluding hydrogens is 548 g/mol. The van der Waals surface area contributed by atoms with Crippen LogP contribution in [0, 0.1) is 11.6 Å². The van der Waals surface area contributed by atoms with Crippen LogP contribution in [0.1, 0.15) is 82.9 Å². The number of ether oxygens (including phenoxy) is 2. The highest BCUT2D eigenvalue weighted by molar-refractivity contribution is 5.99. The fourth-order valence-electron chi connectivity index (χ4n) is 4.79. The minimum Gasteiger partial charge on any atom is -1.00 e. The minimum atomic E-state index is -0.813. The van der Waals surface area contributed by atoms with Gasteiger partial charge in [-0.2, -0.15) is 0 Å². The summed E-state index contributed by atoms with van der Waals surface area (Å²) in [6.45, 7) is 10.6. The average Bonchev–Trinajstić information content (AvgIpc) is 2.87. The fraction of sp³-hybridized carbons (Fsp3) is 0.469. The van der Waals surface area contributed by atoms with Gasteiger partial charge in [-0.05, 0) is 76.8 Å².